The van der Waals surface area contributed by atoms with E-state index < -0.39 is 6.04 Å². The fourth-order valence-electron chi connectivity index (χ4n) is 1.25. The lowest BCUT2D eigenvalue weighted by atomic mass is 10.2. The number of hydrogen-bond donors (Lipinski definition) is 3. The zero-order valence-corrected chi connectivity index (χ0v) is 10.5. The van der Waals surface area contributed by atoms with Gasteiger partial charge in [-0.05, 0) is 24.0 Å². The van der Waals surface area contributed by atoms with Crippen LogP contribution in [-0.2, 0) is 11.3 Å². The zero-order chi connectivity index (χ0) is 12.7. The topological polar surface area (TPSA) is 88.0 Å². The van der Waals surface area contributed by atoms with Crippen molar-refractivity contribution in [3.63, 3.8) is 0 Å². The summed E-state index contributed by atoms with van der Waals surface area (Å²) in [5, 5.41) is 2.73. The van der Waals surface area contributed by atoms with Crippen LogP contribution >= 0.6 is 11.8 Å². The third-order valence-electron chi connectivity index (χ3n) is 2.29. The number of aromatic nitrogens is 1. The second-order valence-electron chi connectivity index (χ2n) is 3.67. The molecule has 1 atom stereocenters. The van der Waals surface area contributed by atoms with Crippen LogP contribution in [-0.4, -0.2) is 28.9 Å². The van der Waals surface area contributed by atoms with Crippen LogP contribution in [0.2, 0.25) is 0 Å². The first-order valence-corrected chi connectivity index (χ1v) is 6.72. The standard InChI is InChI=1S/C11H17N3O2S/c1-17-5-4-9(12)11(16)14-7-8-2-3-10(15)13-6-8/h2-3,6,9H,4-5,7,12H2,1H3,(H,13,15)(H,14,16)/t9-/m0/s1. The Hall–Kier alpha value is -1.27. The molecule has 0 aromatic carbocycles. The van der Waals surface area contributed by atoms with E-state index in [4.69, 9.17) is 5.73 Å². The van der Waals surface area contributed by atoms with Gasteiger partial charge in [0.1, 0.15) is 0 Å². The van der Waals surface area contributed by atoms with Gasteiger partial charge in [0.2, 0.25) is 11.5 Å². The minimum Gasteiger partial charge on any atom is -0.351 e. The molecular formula is C11H17N3O2S. The maximum Gasteiger partial charge on any atom is 0.247 e. The molecule has 0 saturated carbocycles. The molecule has 1 aromatic heterocycles. The fraction of sp³-hybridized carbons (Fsp3) is 0.455. The Morgan fingerprint density at radius 3 is 2.94 bits per heavy atom. The van der Waals surface area contributed by atoms with Crippen molar-refractivity contribution in [2.45, 2.75) is 19.0 Å². The number of carbonyl (C=O) groups excluding carboxylic acids is 1. The minimum absolute atomic E-state index is 0.156. The summed E-state index contributed by atoms with van der Waals surface area (Å²) in [4.78, 5) is 24.9. The van der Waals surface area contributed by atoms with E-state index in [1.54, 1.807) is 24.0 Å². The Morgan fingerprint density at radius 2 is 2.35 bits per heavy atom. The smallest absolute Gasteiger partial charge is 0.247 e. The molecular weight excluding hydrogens is 238 g/mol. The molecule has 1 heterocycles. The third-order valence-corrected chi connectivity index (χ3v) is 2.93. The van der Waals surface area contributed by atoms with Crippen LogP contribution in [0, 0.1) is 0 Å². The van der Waals surface area contributed by atoms with Crippen LogP contribution in [0.25, 0.3) is 0 Å². The number of aromatic amines is 1. The lowest BCUT2D eigenvalue weighted by Gasteiger charge is -2.11. The fourth-order valence-corrected chi connectivity index (χ4v) is 1.74. The predicted octanol–water partition coefficient (Wildman–Crippen LogP) is 0.0715. The van der Waals surface area contributed by atoms with Crippen LogP contribution in [0.4, 0.5) is 0 Å². The largest absolute Gasteiger partial charge is 0.351 e. The summed E-state index contributed by atoms with van der Waals surface area (Å²) in [5.41, 5.74) is 6.40. The Balaban J connectivity index is 2.37. The average Bonchev–Trinajstić information content (AvgIpc) is 2.34. The highest BCUT2D eigenvalue weighted by molar-refractivity contribution is 7.98. The van der Waals surface area contributed by atoms with E-state index in [1.807, 2.05) is 6.26 Å². The van der Waals surface area contributed by atoms with Crippen LogP contribution in [0.3, 0.4) is 0 Å². The Bertz CT molecular complexity index is 399. The summed E-state index contributed by atoms with van der Waals surface area (Å²) in [5.74, 6) is 0.706. The van der Waals surface area contributed by atoms with Gasteiger partial charge in [0.25, 0.3) is 0 Å². The Kier molecular flexibility index (Phi) is 5.79. The van der Waals surface area contributed by atoms with Gasteiger partial charge in [-0.3, -0.25) is 9.59 Å². The molecule has 1 amide bonds. The molecule has 4 N–H and O–H groups in total. The van der Waals surface area contributed by atoms with Gasteiger partial charge in [-0.15, -0.1) is 0 Å². The summed E-state index contributed by atoms with van der Waals surface area (Å²) >= 11 is 1.66. The molecule has 0 bridgehead atoms. The van der Waals surface area contributed by atoms with Crippen molar-refractivity contribution >= 4 is 17.7 Å². The van der Waals surface area contributed by atoms with Gasteiger partial charge in [-0.2, -0.15) is 11.8 Å². The van der Waals surface area contributed by atoms with Crippen molar-refractivity contribution in [3.05, 3.63) is 34.2 Å². The van der Waals surface area contributed by atoms with Gasteiger partial charge >= 0.3 is 0 Å². The number of carbonyl (C=O) groups is 1. The molecule has 0 aliphatic heterocycles. The number of nitrogens with two attached hydrogens (primary N) is 1. The van der Waals surface area contributed by atoms with Crippen molar-refractivity contribution in [2.75, 3.05) is 12.0 Å². The number of amides is 1. The summed E-state index contributed by atoms with van der Waals surface area (Å²) in [6.45, 7) is 0.378. The normalized spacial score (nSPS) is 12.1. The first kappa shape index (κ1) is 13.8. The lowest BCUT2D eigenvalue weighted by Crippen LogP contribution is -2.40. The van der Waals surface area contributed by atoms with Crippen LogP contribution in [0.1, 0.15) is 12.0 Å². The first-order chi connectivity index (χ1) is 8.13. The maximum absolute atomic E-state index is 11.6. The van der Waals surface area contributed by atoms with E-state index in [2.05, 4.69) is 10.3 Å². The Morgan fingerprint density at radius 1 is 1.59 bits per heavy atom. The SMILES string of the molecule is CSCC[C@H](N)C(=O)NCc1ccc(=O)[nH]c1. The summed E-state index contributed by atoms with van der Waals surface area (Å²) < 4.78 is 0. The lowest BCUT2D eigenvalue weighted by molar-refractivity contribution is -0.122. The number of H-pyrrole nitrogens is 1. The second-order valence-corrected chi connectivity index (χ2v) is 4.65. The molecule has 0 spiro atoms. The number of thioether (sulfide) groups is 1. The van der Waals surface area contributed by atoms with Crippen molar-refractivity contribution in [1.29, 1.82) is 0 Å². The molecule has 0 unspecified atom stereocenters. The molecule has 1 rings (SSSR count). The van der Waals surface area contributed by atoms with Gasteiger partial charge in [0.05, 0.1) is 6.04 Å². The summed E-state index contributed by atoms with van der Waals surface area (Å²) in [7, 11) is 0. The van der Waals surface area contributed by atoms with E-state index in [0.29, 0.717) is 13.0 Å². The highest BCUT2D eigenvalue weighted by atomic mass is 32.2. The zero-order valence-electron chi connectivity index (χ0n) is 9.73. The highest BCUT2D eigenvalue weighted by Gasteiger charge is 2.11. The quantitative estimate of drug-likeness (QED) is 0.671. The van der Waals surface area contributed by atoms with E-state index in [1.165, 1.54) is 6.07 Å². The van der Waals surface area contributed by atoms with Crippen LogP contribution < -0.4 is 16.6 Å². The molecule has 0 radical (unpaired) electrons. The van der Waals surface area contributed by atoms with Crippen molar-refractivity contribution in [2.24, 2.45) is 5.73 Å². The van der Waals surface area contributed by atoms with Gasteiger partial charge in [0.15, 0.2) is 0 Å². The number of nitrogens with one attached hydrogen (secondary N) is 2. The Labute approximate surface area is 104 Å². The minimum atomic E-state index is -0.467. The average molecular weight is 255 g/mol. The second kappa shape index (κ2) is 7.13. The molecule has 94 valence electrons. The highest BCUT2D eigenvalue weighted by Crippen LogP contribution is 1.99. The van der Waals surface area contributed by atoms with Crippen LogP contribution in [0.5, 0.6) is 0 Å². The van der Waals surface area contributed by atoms with E-state index in [-0.39, 0.29) is 11.5 Å². The maximum atomic E-state index is 11.6. The summed E-state index contributed by atoms with van der Waals surface area (Å²) in [6.07, 6.45) is 4.22. The molecule has 0 fully saturated rings. The predicted molar refractivity (Wildman–Crippen MR) is 69.9 cm³/mol. The molecule has 0 saturated heterocycles. The van der Waals surface area contributed by atoms with Crippen molar-refractivity contribution < 1.29 is 4.79 Å². The van der Waals surface area contributed by atoms with Gasteiger partial charge in [-0.1, -0.05) is 6.07 Å². The van der Waals surface area contributed by atoms with Gasteiger partial charge < -0.3 is 16.0 Å². The molecule has 0 aliphatic rings. The van der Waals surface area contributed by atoms with Crippen molar-refractivity contribution in [1.82, 2.24) is 10.3 Å². The van der Waals surface area contributed by atoms with Crippen molar-refractivity contribution in [3.8, 4) is 0 Å². The molecule has 6 heteroatoms. The van der Waals surface area contributed by atoms with Crippen LogP contribution in [0.15, 0.2) is 23.1 Å². The third kappa shape index (κ3) is 5.06. The van der Waals surface area contributed by atoms with Gasteiger partial charge in [-0.25, -0.2) is 0 Å². The van der Waals surface area contributed by atoms with E-state index in [0.717, 1.165) is 11.3 Å². The monoisotopic (exact) mass is 255 g/mol. The first-order valence-electron chi connectivity index (χ1n) is 5.33. The number of rotatable bonds is 6. The number of hydrogen-bond acceptors (Lipinski definition) is 4. The molecule has 17 heavy (non-hydrogen) atoms. The van der Waals surface area contributed by atoms with Gasteiger partial charge in [0, 0.05) is 18.8 Å². The van der Waals surface area contributed by atoms with E-state index >= 15 is 0 Å². The van der Waals surface area contributed by atoms with E-state index in [9.17, 15) is 9.59 Å². The molecule has 0 aliphatic carbocycles. The number of pyridine rings is 1. The molecule has 1 aromatic rings. The summed E-state index contributed by atoms with van der Waals surface area (Å²) in [6, 6.07) is 2.63. The molecule has 5 nitrogen and oxygen atoms in total.